The van der Waals surface area contributed by atoms with E-state index in [4.69, 9.17) is 0 Å². The van der Waals surface area contributed by atoms with Gasteiger partial charge in [-0.1, -0.05) is 103 Å². The van der Waals surface area contributed by atoms with Gasteiger partial charge in [-0.05, 0) is 19.3 Å². The van der Waals surface area contributed by atoms with Crippen molar-refractivity contribution in [3.63, 3.8) is 0 Å². The molecule has 0 bridgehead atoms. The van der Waals surface area contributed by atoms with Gasteiger partial charge in [0.1, 0.15) is 0 Å². The van der Waals surface area contributed by atoms with Gasteiger partial charge in [0.05, 0.1) is 0 Å². The quantitative estimate of drug-likeness (QED) is 0.252. The van der Waals surface area contributed by atoms with Crippen LogP contribution in [0.2, 0.25) is 0 Å². The molecule has 25 heavy (non-hydrogen) atoms. The summed E-state index contributed by atoms with van der Waals surface area (Å²) in [6.07, 6.45) is 25.7. The molecule has 1 heterocycles. The third-order valence-electron chi connectivity index (χ3n) is 5.70. The molecule has 2 heteroatoms. The summed E-state index contributed by atoms with van der Waals surface area (Å²) < 4.78 is 0. The first kappa shape index (κ1) is 22.5. The lowest BCUT2D eigenvalue weighted by molar-refractivity contribution is -0.133. The van der Waals surface area contributed by atoms with Gasteiger partial charge in [0.2, 0.25) is 5.91 Å². The molecule has 148 valence electrons. The predicted molar refractivity (Wildman–Crippen MR) is 110 cm³/mol. The second kappa shape index (κ2) is 16.9. The van der Waals surface area contributed by atoms with Crippen molar-refractivity contribution >= 4 is 5.91 Å². The van der Waals surface area contributed by atoms with Crippen LogP contribution in [0, 0.1) is 0 Å². The van der Waals surface area contributed by atoms with Gasteiger partial charge in [-0.3, -0.25) is 4.79 Å². The first-order valence-electron chi connectivity index (χ1n) is 11.6. The number of carbonyl (C=O) groups excluding carboxylic acids is 1. The van der Waals surface area contributed by atoms with Crippen LogP contribution in [0.4, 0.5) is 0 Å². The van der Waals surface area contributed by atoms with E-state index in [0.717, 1.165) is 25.9 Å². The number of unbranched alkanes of at least 4 members (excludes halogenated alkanes) is 15. The Balaban J connectivity index is 1.71. The van der Waals surface area contributed by atoms with Crippen LogP contribution >= 0.6 is 0 Å². The monoisotopic (exact) mass is 351 g/mol. The molecule has 0 aliphatic carbocycles. The van der Waals surface area contributed by atoms with E-state index in [0.29, 0.717) is 5.91 Å². The fraction of sp³-hybridized carbons (Fsp3) is 0.957. The number of amides is 1. The molecule has 0 aromatic heterocycles. The van der Waals surface area contributed by atoms with Gasteiger partial charge < -0.3 is 4.90 Å². The third kappa shape index (κ3) is 13.3. The average molecular weight is 352 g/mol. The molecular formula is C23H45NO. The molecule has 1 amide bonds. The van der Waals surface area contributed by atoms with Crippen LogP contribution in [0.1, 0.15) is 129 Å². The normalized spacial score (nSPS) is 15.1. The van der Waals surface area contributed by atoms with E-state index in [1.54, 1.807) is 0 Å². The topological polar surface area (TPSA) is 20.3 Å². The van der Waals surface area contributed by atoms with Crippen molar-refractivity contribution in [1.29, 1.82) is 0 Å². The molecule has 0 atom stereocenters. The number of hydrogen-bond acceptors (Lipinski definition) is 1. The molecule has 1 fully saturated rings. The second-order valence-electron chi connectivity index (χ2n) is 8.14. The molecule has 0 aromatic rings. The fourth-order valence-corrected chi connectivity index (χ4v) is 3.95. The third-order valence-corrected chi connectivity index (χ3v) is 5.70. The Morgan fingerprint density at radius 3 is 1.52 bits per heavy atom. The van der Waals surface area contributed by atoms with Crippen molar-refractivity contribution in [2.24, 2.45) is 0 Å². The average Bonchev–Trinajstić information content (AvgIpc) is 2.63. The molecule has 0 N–H and O–H groups in total. The number of hydrogen-bond donors (Lipinski definition) is 0. The molecule has 1 aliphatic heterocycles. The number of piperidine rings is 1. The summed E-state index contributed by atoms with van der Waals surface area (Å²) in [7, 11) is 0. The van der Waals surface area contributed by atoms with Crippen molar-refractivity contribution in [2.45, 2.75) is 129 Å². The SMILES string of the molecule is CCCCCCCCCCCCCCCCCCN1CCCCC1=O. The molecule has 1 saturated heterocycles. The number of likely N-dealkylation sites (tertiary alicyclic amines) is 1. The minimum atomic E-state index is 0.396. The summed E-state index contributed by atoms with van der Waals surface area (Å²) in [6.45, 7) is 4.31. The summed E-state index contributed by atoms with van der Waals surface area (Å²) in [5.74, 6) is 0.396. The summed E-state index contributed by atoms with van der Waals surface area (Å²) in [5, 5.41) is 0. The first-order chi connectivity index (χ1) is 12.3. The molecule has 0 radical (unpaired) electrons. The van der Waals surface area contributed by atoms with E-state index in [9.17, 15) is 4.79 Å². The van der Waals surface area contributed by atoms with Crippen molar-refractivity contribution in [3.8, 4) is 0 Å². The summed E-state index contributed by atoms with van der Waals surface area (Å²) in [4.78, 5) is 13.8. The fourth-order valence-electron chi connectivity index (χ4n) is 3.95. The van der Waals surface area contributed by atoms with Crippen LogP contribution in [-0.2, 0) is 4.79 Å². The van der Waals surface area contributed by atoms with Crippen molar-refractivity contribution in [1.82, 2.24) is 4.90 Å². The maximum absolute atomic E-state index is 11.7. The Morgan fingerprint density at radius 1 is 0.640 bits per heavy atom. The van der Waals surface area contributed by atoms with Gasteiger partial charge in [-0.15, -0.1) is 0 Å². The first-order valence-corrected chi connectivity index (χ1v) is 11.6. The van der Waals surface area contributed by atoms with E-state index in [1.165, 1.54) is 109 Å². The Labute approximate surface area is 158 Å². The molecule has 0 aromatic carbocycles. The lowest BCUT2D eigenvalue weighted by Gasteiger charge is -2.26. The number of carbonyl (C=O) groups is 1. The van der Waals surface area contributed by atoms with Crippen LogP contribution in [-0.4, -0.2) is 23.9 Å². The van der Waals surface area contributed by atoms with Crippen LogP contribution in [0.25, 0.3) is 0 Å². The minimum absolute atomic E-state index is 0.396. The van der Waals surface area contributed by atoms with Crippen LogP contribution in [0.3, 0.4) is 0 Å². The number of rotatable bonds is 17. The summed E-state index contributed by atoms with van der Waals surface area (Å²) >= 11 is 0. The highest BCUT2D eigenvalue weighted by Gasteiger charge is 2.16. The molecule has 0 saturated carbocycles. The zero-order valence-corrected chi connectivity index (χ0v) is 17.2. The highest BCUT2D eigenvalue weighted by molar-refractivity contribution is 5.76. The zero-order valence-electron chi connectivity index (χ0n) is 17.2. The highest BCUT2D eigenvalue weighted by Crippen LogP contribution is 2.15. The van der Waals surface area contributed by atoms with Crippen LogP contribution < -0.4 is 0 Å². The number of nitrogens with zero attached hydrogens (tertiary/aromatic N) is 1. The largest absolute Gasteiger partial charge is 0.343 e. The van der Waals surface area contributed by atoms with Gasteiger partial charge in [0.25, 0.3) is 0 Å². The predicted octanol–water partition coefficient (Wildman–Crippen LogP) is 7.26. The van der Waals surface area contributed by atoms with E-state index < -0.39 is 0 Å². The van der Waals surface area contributed by atoms with Crippen molar-refractivity contribution < 1.29 is 4.79 Å². The van der Waals surface area contributed by atoms with E-state index in [2.05, 4.69) is 11.8 Å². The highest BCUT2D eigenvalue weighted by atomic mass is 16.2. The standard InChI is InChI=1S/C23H45NO/c1-2-3-4-5-6-7-8-9-10-11-12-13-14-15-16-18-21-24-22-19-17-20-23(24)25/h2-22H2,1H3. The minimum Gasteiger partial charge on any atom is -0.343 e. The van der Waals surface area contributed by atoms with Gasteiger partial charge >= 0.3 is 0 Å². The Bertz CT molecular complexity index is 302. The second-order valence-corrected chi connectivity index (χ2v) is 8.14. The Morgan fingerprint density at radius 2 is 1.08 bits per heavy atom. The zero-order chi connectivity index (χ0) is 18.0. The molecular weight excluding hydrogens is 306 g/mol. The van der Waals surface area contributed by atoms with E-state index >= 15 is 0 Å². The van der Waals surface area contributed by atoms with Crippen LogP contribution in [0.15, 0.2) is 0 Å². The van der Waals surface area contributed by atoms with Gasteiger partial charge in [0, 0.05) is 19.5 Å². The molecule has 2 nitrogen and oxygen atoms in total. The molecule has 0 spiro atoms. The van der Waals surface area contributed by atoms with Crippen molar-refractivity contribution in [3.05, 3.63) is 0 Å². The maximum atomic E-state index is 11.7. The van der Waals surface area contributed by atoms with Gasteiger partial charge in [-0.25, -0.2) is 0 Å². The Hall–Kier alpha value is -0.530. The molecule has 1 aliphatic rings. The summed E-state index contributed by atoms with van der Waals surface area (Å²) in [6, 6.07) is 0. The molecule has 1 rings (SSSR count). The lowest BCUT2D eigenvalue weighted by Crippen LogP contribution is -2.35. The smallest absolute Gasteiger partial charge is 0.222 e. The Kier molecular flexibility index (Phi) is 15.2. The van der Waals surface area contributed by atoms with Gasteiger partial charge in [-0.2, -0.15) is 0 Å². The maximum Gasteiger partial charge on any atom is 0.222 e. The van der Waals surface area contributed by atoms with Gasteiger partial charge in [0.15, 0.2) is 0 Å². The van der Waals surface area contributed by atoms with Crippen LogP contribution in [0.5, 0.6) is 0 Å². The lowest BCUT2D eigenvalue weighted by atomic mass is 10.0. The molecule has 0 unspecified atom stereocenters. The summed E-state index contributed by atoms with van der Waals surface area (Å²) in [5.41, 5.74) is 0. The van der Waals surface area contributed by atoms with Crippen molar-refractivity contribution in [2.75, 3.05) is 13.1 Å². The van der Waals surface area contributed by atoms with E-state index in [-0.39, 0.29) is 0 Å². The van der Waals surface area contributed by atoms with E-state index in [1.807, 2.05) is 0 Å².